The van der Waals surface area contributed by atoms with E-state index < -0.39 is 23.7 Å². The molecule has 2 fully saturated rings. The van der Waals surface area contributed by atoms with Crippen molar-refractivity contribution in [2.45, 2.75) is 25.8 Å². The first-order valence-electron chi connectivity index (χ1n) is 9.07. The molecule has 1 aliphatic carbocycles. The Morgan fingerprint density at radius 3 is 2.48 bits per heavy atom. The number of carbonyl (C=O) groups is 4. The lowest BCUT2D eigenvalue weighted by Gasteiger charge is -2.16. The second kappa shape index (κ2) is 8.20. The number of nitrogens with one attached hydrogen (secondary N) is 2. The molecule has 1 saturated heterocycles. The summed E-state index contributed by atoms with van der Waals surface area (Å²) in [7, 11) is 0. The molecule has 1 aliphatic heterocycles. The van der Waals surface area contributed by atoms with E-state index in [9.17, 15) is 19.2 Å². The molecule has 1 aromatic carbocycles. The highest BCUT2D eigenvalue weighted by atomic mass is 16.6. The minimum absolute atomic E-state index is 0.0799. The van der Waals surface area contributed by atoms with Gasteiger partial charge in [0, 0.05) is 19.1 Å². The third-order valence-electron chi connectivity index (χ3n) is 4.74. The normalized spacial score (nSPS) is 21.4. The zero-order chi connectivity index (χ0) is 19.4. The Labute approximate surface area is 157 Å². The lowest BCUT2D eigenvalue weighted by atomic mass is 9.97. The number of nitrogens with zero attached hydrogens (tertiary/aromatic N) is 1. The maximum absolute atomic E-state index is 12.4. The Morgan fingerprint density at radius 2 is 1.81 bits per heavy atom. The first kappa shape index (κ1) is 18.9. The van der Waals surface area contributed by atoms with Gasteiger partial charge in [-0.2, -0.15) is 0 Å². The van der Waals surface area contributed by atoms with Gasteiger partial charge in [-0.05, 0) is 30.9 Å². The van der Waals surface area contributed by atoms with Crippen molar-refractivity contribution < 1.29 is 23.9 Å². The summed E-state index contributed by atoms with van der Waals surface area (Å²) >= 11 is 0. The van der Waals surface area contributed by atoms with E-state index >= 15 is 0 Å². The van der Waals surface area contributed by atoms with Gasteiger partial charge in [-0.15, -0.1) is 0 Å². The lowest BCUT2D eigenvalue weighted by molar-refractivity contribution is -0.138. The van der Waals surface area contributed by atoms with E-state index in [4.69, 9.17) is 4.74 Å². The summed E-state index contributed by atoms with van der Waals surface area (Å²) in [6.07, 6.45) is 1.27. The Kier molecular flexibility index (Phi) is 5.73. The summed E-state index contributed by atoms with van der Waals surface area (Å²) < 4.78 is 5.30. The molecule has 2 aliphatic rings. The van der Waals surface area contributed by atoms with Gasteiger partial charge < -0.3 is 20.3 Å². The van der Waals surface area contributed by atoms with Crippen molar-refractivity contribution in [3.63, 3.8) is 0 Å². The van der Waals surface area contributed by atoms with Gasteiger partial charge in [0.15, 0.2) is 0 Å². The Balaban J connectivity index is 1.46. The summed E-state index contributed by atoms with van der Waals surface area (Å²) in [6.45, 7) is 2.12. The Morgan fingerprint density at radius 1 is 1.11 bits per heavy atom. The second-order valence-corrected chi connectivity index (χ2v) is 7.06. The van der Waals surface area contributed by atoms with Crippen LogP contribution in [0.2, 0.25) is 0 Å². The molecule has 3 rings (SSSR count). The van der Waals surface area contributed by atoms with Crippen LogP contribution >= 0.6 is 0 Å². The van der Waals surface area contributed by atoms with Gasteiger partial charge in [-0.1, -0.05) is 25.1 Å². The van der Waals surface area contributed by atoms with Crippen LogP contribution in [-0.4, -0.2) is 54.3 Å². The molecule has 3 amide bonds. The molecule has 0 unspecified atom stereocenters. The third kappa shape index (κ3) is 5.06. The fourth-order valence-corrected chi connectivity index (χ4v) is 2.98. The molecular formula is C19H23N3O5. The zero-order valence-electron chi connectivity index (χ0n) is 15.1. The van der Waals surface area contributed by atoms with Gasteiger partial charge in [0.2, 0.25) is 11.7 Å². The topological polar surface area (TPSA) is 105 Å². The number of carbonyl (C=O) groups excluding carboxylic acids is 4. The quantitative estimate of drug-likeness (QED) is 0.715. The number of rotatable bonds is 6. The average molecular weight is 373 g/mol. The van der Waals surface area contributed by atoms with E-state index in [2.05, 4.69) is 10.6 Å². The molecule has 1 aromatic rings. The van der Waals surface area contributed by atoms with Gasteiger partial charge >= 0.3 is 6.09 Å². The monoisotopic (exact) mass is 373 g/mol. The number of amides is 3. The van der Waals surface area contributed by atoms with Crippen LogP contribution in [0.4, 0.5) is 4.79 Å². The van der Waals surface area contributed by atoms with E-state index in [1.807, 2.05) is 13.0 Å². The highest BCUT2D eigenvalue weighted by Gasteiger charge is 2.38. The van der Waals surface area contributed by atoms with Crippen LogP contribution in [0.15, 0.2) is 30.3 Å². The highest BCUT2D eigenvalue weighted by Crippen LogP contribution is 2.24. The Hall–Kier alpha value is -2.90. The fourth-order valence-electron chi connectivity index (χ4n) is 2.98. The predicted octanol–water partition coefficient (Wildman–Crippen LogP) is 0.717. The van der Waals surface area contributed by atoms with Crippen LogP contribution in [0.25, 0.3) is 0 Å². The minimum Gasteiger partial charge on any atom is -0.410 e. The number of para-hydroxylation sites is 1. The van der Waals surface area contributed by atoms with E-state index in [1.54, 1.807) is 24.3 Å². The average Bonchev–Trinajstić information content (AvgIpc) is 3.38. The molecule has 1 heterocycles. The molecule has 8 nitrogen and oxygen atoms in total. The summed E-state index contributed by atoms with van der Waals surface area (Å²) in [5.74, 6) is -1.76. The van der Waals surface area contributed by atoms with Crippen LogP contribution in [0.3, 0.4) is 0 Å². The minimum atomic E-state index is -0.666. The van der Waals surface area contributed by atoms with Crippen LogP contribution < -0.4 is 15.4 Å². The number of ether oxygens (including phenoxy) is 1. The third-order valence-corrected chi connectivity index (χ3v) is 4.74. The number of benzene rings is 1. The Bertz CT molecular complexity index is 732. The molecule has 144 valence electrons. The largest absolute Gasteiger partial charge is 0.415 e. The summed E-state index contributed by atoms with van der Waals surface area (Å²) in [6, 6.07) is 8.81. The highest BCUT2D eigenvalue weighted by molar-refractivity contribution is 6.37. The van der Waals surface area contributed by atoms with Gasteiger partial charge in [0.1, 0.15) is 5.75 Å². The number of Topliss-reactive ketones (excluding diaryl/α,β-unsaturated/α-hetero) is 1. The molecule has 8 heteroatoms. The molecule has 2 atom stereocenters. The SMILES string of the molecule is C[C@H]1CN(C(=O)Oc2ccccc2)C[C@H]1C(=O)NCC(=O)C(=O)NC1CC1. The van der Waals surface area contributed by atoms with Crippen molar-refractivity contribution in [2.75, 3.05) is 19.6 Å². The van der Waals surface area contributed by atoms with Crippen molar-refractivity contribution in [1.82, 2.24) is 15.5 Å². The first-order valence-corrected chi connectivity index (χ1v) is 9.07. The van der Waals surface area contributed by atoms with Crippen molar-refractivity contribution in [3.8, 4) is 5.75 Å². The molecule has 2 N–H and O–H groups in total. The van der Waals surface area contributed by atoms with E-state index in [0.717, 1.165) is 12.8 Å². The summed E-state index contributed by atoms with van der Waals surface area (Å²) in [5, 5.41) is 5.10. The maximum atomic E-state index is 12.4. The van der Waals surface area contributed by atoms with Crippen molar-refractivity contribution >= 4 is 23.7 Å². The standard InChI is InChI=1S/C19H23N3O5/c1-12-10-22(19(26)27-14-5-3-2-4-6-14)11-15(12)17(24)20-9-16(23)18(25)21-13-7-8-13/h2-6,12-13,15H,7-11H2,1H3,(H,20,24)(H,21,25)/t12-,15+/m0/s1. The molecular weight excluding hydrogens is 350 g/mol. The molecule has 1 saturated carbocycles. The molecule has 0 bridgehead atoms. The number of hydrogen-bond donors (Lipinski definition) is 2. The zero-order valence-corrected chi connectivity index (χ0v) is 15.1. The summed E-state index contributed by atoms with van der Waals surface area (Å²) in [4.78, 5) is 49.5. The number of likely N-dealkylation sites (tertiary alicyclic amines) is 1. The van der Waals surface area contributed by atoms with Crippen molar-refractivity contribution in [2.24, 2.45) is 11.8 Å². The predicted molar refractivity (Wildman–Crippen MR) is 95.9 cm³/mol. The van der Waals surface area contributed by atoms with Gasteiger partial charge in [-0.3, -0.25) is 14.4 Å². The van der Waals surface area contributed by atoms with Crippen LogP contribution in [0, 0.1) is 11.8 Å². The van der Waals surface area contributed by atoms with E-state index in [1.165, 1.54) is 4.90 Å². The maximum Gasteiger partial charge on any atom is 0.415 e. The summed E-state index contributed by atoms with van der Waals surface area (Å²) in [5.41, 5.74) is 0. The molecule has 0 radical (unpaired) electrons. The van der Waals surface area contributed by atoms with Crippen LogP contribution in [-0.2, 0) is 14.4 Å². The smallest absolute Gasteiger partial charge is 0.410 e. The van der Waals surface area contributed by atoms with Crippen LogP contribution in [0.1, 0.15) is 19.8 Å². The van der Waals surface area contributed by atoms with Crippen LogP contribution in [0.5, 0.6) is 5.75 Å². The second-order valence-electron chi connectivity index (χ2n) is 7.06. The van der Waals surface area contributed by atoms with Gasteiger partial charge in [-0.25, -0.2) is 4.79 Å². The fraction of sp³-hybridized carbons (Fsp3) is 0.474. The van der Waals surface area contributed by atoms with E-state index in [0.29, 0.717) is 12.3 Å². The first-order chi connectivity index (χ1) is 12.9. The molecule has 0 spiro atoms. The molecule has 27 heavy (non-hydrogen) atoms. The van der Waals surface area contributed by atoms with Crippen molar-refractivity contribution in [1.29, 1.82) is 0 Å². The van der Waals surface area contributed by atoms with Gasteiger partial charge in [0.05, 0.1) is 12.5 Å². The number of ketones is 1. The molecule has 0 aromatic heterocycles. The van der Waals surface area contributed by atoms with Crippen molar-refractivity contribution in [3.05, 3.63) is 30.3 Å². The van der Waals surface area contributed by atoms with E-state index in [-0.39, 0.29) is 31.0 Å². The van der Waals surface area contributed by atoms with Gasteiger partial charge in [0.25, 0.3) is 5.91 Å². The number of hydrogen-bond acceptors (Lipinski definition) is 5. The lowest BCUT2D eigenvalue weighted by Crippen LogP contribution is -2.43.